The number of carbonyl (C=O) groups is 1. The summed E-state index contributed by atoms with van der Waals surface area (Å²) in [6, 6.07) is 10.7. The molecule has 1 saturated carbocycles. The van der Waals surface area contributed by atoms with Crippen LogP contribution in [-0.4, -0.2) is 15.6 Å². The van der Waals surface area contributed by atoms with Gasteiger partial charge in [0.15, 0.2) is 0 Å². The van der Waals surface area contributed by atoms with Crippen LogP contribution in [0.15, 0.2) is 34.9 Å². The lowest BCUT2D eigenvalue weighted by Gasteiger charge is -2.49. The van der Waals surface area contributed by atoms with Gasteiger partial charge in [-0.15, -0.1) is 0 Å². The number of fused-ring (bicyclic) bond motifs is 3. The fourth-order valence-electron chi connectivity index (χ4n) is 4.83. The Hall–Kier alpha value is -1.42. The number of aryl methyl sites for hydroxylation is 1. The summed E-state index contributed by atoms with van der Waals surface area (Å²) in [6.45, 7) is 2.12. The van der Waals surface area contributed by atoms with Gasteiger partial charge in [0.05, 0.1) is 5.69 Å². The summed E-state index contributed by atoms with van der Waals surface area (Å²) in [6.07, 6.45) is 3.58. The highest BCUT2D eigenvalue weighted by Crippen LogP contribution is 2.55. The lowest BCUT2D eigenvalue weighted by Crippen LogP contribution is -2.49. The van der Waals surface area contributed by atoms with Gasteiger partial charge >= 0.3 is 0 Å². The number of aromatic nitrogens is 2. The van der Waals surface area contributed by atoms with Crippen molar-refractivity contribution in [3.05, 3.63) is 51.8 Å². The number of hydrogen-bond acceptors (Lipinski definition) is 2. The van der Waals surface area contributed by atoms with Gasteiger partial charge in [-0.3, -0.25) is 9.48 Å². The van der Waals surface area contributed by atoms with Gasteiger partial charge in [0.2, 0.25) is 0 Å². The molecule has 0 bridgehead atoms. The minimum Gasteiger partial charge on any atom is -0.299 e. The Kier molecular flexibility index (Phi) is 3.49. The summed E-state index contributed by atoms with van der Waals surface area (Å²) in [5.74, 6) is 0.873. The van der Waals surface area contributed by atoms with E-state index in [-0.39, 0.29) is 11.3 Å². The van der Waals surface area contributed by atoms with Crippen LogP contribution in [0.25, 0.3) is 0 Å². The third-order valence-electron chi connectivity index (χ3n) is 6.00. The average Bonchev–Trinajstić information content (AvgIpc) is 2.87. The molecule has 0 N–H and O–H groups in total. The maximum absolute atomic E-state index is 12.4. The van der Waals surface area contributed by atoms with Crippen LogP contribution in [0.1, 0.15) is 43.0 Å². The highest BCUT2D eigenvalue weighted by atomic mass is 79.9. The van der Waals surface area contributed by atoms with Crippen molar-refractivity contribution in [2.45, 2.75) is 38.0 Å². The Balaban J connectivity index is 1.99. The number of Topliss-reactive ketones (excluding diaryl/α,β-unsaturated/α-hetero) is 1. The number of benzene rings is 1. The number of carbonyl (C=O) groups excluding carboxylic acids is 1. The van der Waals surface area contributed by atoms with Gasteiger partial charge in [-0.25, -0.2) is 0 Å². The van der Waals surface area contributed by atoms with E-state index >= 15 is 0 Å². The molecule has 3 nitrogen and oxygen atoms in total. The lowest BCUT2D eigenvalue weighted by molar-refractivity contribution is -0.128. The summed E-state index contributed by atoms with van der Waals surface area (Å²) in [5.41, 5.74) is 3.71. The molecule has 0 radical (unpaired) electrons. The molecule has 23 heavy (non-hydrogen) atoms. The number of nitrogens with zero attached hydrogens (tertiary/aromatic N) is 2. The van der Waals surface area contributed by atoms with Crippen molar-refractivity contribution in [3.63, 3.8) is 0 Å². The van der Waals surface area contributed by atoms with Crippen LogP contribution >= 0.6 is 15.9 Å². The summed E-state index contributed by atoms with van der Waals surface area (Å²) in [4.78, 5) is 12.4. The summed E-state index contributed by atoms with van der Waals surface area (Å²) in [5, 5.41) is 4.90. The van der Waals surface area contributed by atoms with E-state index in [9.17, 15) is 4.79 Å². The predicted molar refractivity (Wildman–Crippen MR) is 93.3 cm³/mol. The highest BCUT2D eigenvalue weighted by Gasteiger charge is 2.53. The second kappa shape index (κ2) is 5.30. The molecule has 1 heterocycles. The fourth-order valence-corrected chi connectivity index (χ4v) is 5.30. The van der Waals surface area contributed by atoms with E-state index in [0.717, 1.165) is 23.9 Å². The van der Waals surface area contributed by atoms with Crippen LogP contribution in [0, 0.1) is 11.8 Å². The van der Waals surface area contributed by atoms with Gasteiger partial charge in [0.1, 0.15) is 10.4 Å². The number of rotatable bonds is 1. The largest absolute Gasteiger partial charge is 0.299 e. The zero-order valence-electron chi connectivity index (χ0n) is 13.6. The Morgan fingerprint density at radius 1 is 1.26 bits per heavy atom. The monoisotopic (exact) mass is 372 g/mol. The van der Waals surface area contributed by atoms with E-state index in [0.29, 0.717) is 18.1 Å². The zero-order chi connectivity index (χ0) is 16.2. The Labute approximate surface area is 145 Å². The molecule has 0 aliphatic heterocycles. The summed E-state index contributed by atoms with van der Waals surface area (Å²) in [7, 11) is 1.99. The van der Waals surface area contributed by atoms with Crippen LogP contribution in [0.3, 0.4) is 0 Å². The van der Waals surface area contributed by atoms with Gasteiger partial charge in [0, 0.05) is 30.4 Å². The van der Waals surface area contributed by atoms with Crippen LogP contribution in [0.5, 0.6) is 0 Å². The first kappa shape index (κ1) is 15.1. The van der Waals surface area contributed by atoms with Crippen molar-refractivity contribution in [2.24, 2.45) is 18.9 Å². The van der Waals surface area contributed by atoms with Crippen molar-refractivity contribution < 1.29 is 4.79 Å². The normalized spacial score (nSPS) is 30.0. The second-order valence-electron chi connectivity index (χ2n) is 6.98. The van der Waals surface area contributed by atoms with Gasteiger partial charge in [-0.2, -0.15) is 5.10 Å². The van der Waals surface area contributed by atoms with Crippen LogP contribution in [0.4, 0.5) is 0 Å². The minimum absolute atomic E-state index is 0.109. The summed E-state index contributed by atoms with van der Waals surface area (Å²) < 4.78 is 3.03. The van der Waals surface area contributed by atoms with Gasteiger partial charge < -0.3 is 0 Å². The van der Waals surface area contributed by atoms with E-state index in [2.05, 4.69) is 53.2 Å². The second-order valence-corrected chi connectivity index (χ2v) is 7.73. The van der Waals surface area contributed by atoms with Crippen molar-refractivity contribution in [1.82, 2.24) is 9.78 Å². The van der Waals surface area contributed by atoms with Crippen LogP contribution in [0.2, 0.25) is 0 Å². The third-order valence-corrected chi connectivity index (χ3v) is 6.99. The van der Waals surface area contributed by atoms with E-state index in [1.165, 1.54) is 16.8 Å². The fraction of sp³-hybridized carbons (Fsp3) is 0.474. The van der Waals surface area contributed by atoms with Crippen LogP contribution in [-0.2, 0) is 23.7 Å². The third kappa shape index (κ3) is 2.00. The average molecular weight is 373 g/mol. The molecule has 4 heteroatoms. The van der Waals surface area contributed by atoms with E-state index in [4.69, 9.17) is 5.10 Å². The topological polar surface area (TPSA) is 34.9 Å². The lowest BCUT2D eigenvalue weighted by atomic mass is 9.53. The van der Waals surface area contributed by atoms with Crippen molar-refractivity contribution >= 4 is 21.7 Å². The maximum Gasteiger partial charge on any atom is 0.136 e. The van der Waals surface area contributed by atoms with E-state index in [1.807, 2.05) is 11.7 Å². The molecular formula is C19H21BrN2O. The molecule has 2 aliphatic carbocycles. The van der Waals surface area contributed by atoms with Crippen LogP contribution < -0.4 is 0 Å². The van der Waals surface area contributed by atoms with Crippen molar-refractivity contribution in [3.8, 4) is 0 Å². The Bertz CT molecular complexity index is 767. The first-order valence-electron chi connectivity index (χ1n) is 8.36. The summed E-state index contributed by atoms with van der Waals surface area (Å²) >= 11 is 3.71. The first-order valence-corrected chi connectivity index (χ1v) is 9.15. The molecule has 1 aromatic heterocycles. The van der Waals surface area contributed by atoms with E-state index < -0.39 is 0 Å². The first-order chi connectivity index (χ1) is 11.1. The van der Waals surface area contributed by atoms with Crippen molar-refractivity contribution in [1.29, 1.82) is 0 Å². The molecule has 2 aromatic rings. The van der Waals surface area contributed by atoms with Crippen molar-refractivity contribution in [2.75, 3.05) is 0 Å². The molecule has 1 fully saturated rings. The molecule has 0 unspecified atom stereocenters. The zero-order valence-corrected chi connectivity index (χ0v) is 15.1. The molecule has 0 amide bonds. The SMILES string of the molecule is C[C@@H]1C(=O)CC[C@]2(c3ccccc3)c3nn(C)c(Br)c3CC[C@@H]12. The number of halogens is 1. The molecule has 0 spiro atoms. The standard InChI is InChI=1S/C19H21BrN2O/c1-12-15-9-8-14-17(21-22(2)18(14)20)19(15,11-10-16(12)23)13-6-4-3-5-7-13/h3-7,12,15H,8-11H2,1-2H3/t12-,15-,19+/m0/s1. The molecular weight excluding hydrogens is 352 g/mol. The predicted octanol–water partition coefficient (Wildman–Crippen LogP) is 4.03. The smallest absolute Gasteiger partial charge is 0.136 e. The molecule has 2 aliphatic rings. The molecule has 120 valence electrons. The highest BCUT2D eigenvalue weighted by molar-refractivity contribution is 9.10. The Morgan fingerprint density at radius 2 is 2.00 bits per heavy atom. The number of hydrogen-bond donors (Lipinski definition) is 0. The molecule has 4 rings (SSSR count). The maximum atomic E-state index is 12.4. The quantitative estimate of drug-likeness (QED) is 0.757. The van der Waals surface area contributed by atoms with Gasteiger partial charge in [-0.1, -0.05) is 37.3 Å². The molecule has 1 aromatic carbocycles. The Morgan fingerprint density at radius 3 is 2.74 bits per heavy atom. The van der Waals surface area contributed by atoms with Gasteiger partial charge in [0.25, 0.3) is 0 Å². The number of ketones is 1. The van der Waals surface area contributed by atoms with Gasteiger partial charge in [-0.05, 0) is 46.7 Å². The molecule has 3 atom stereocenters. The van der Waals surface area contributed by atoms with E-state index in [1.54, 1.807) is 0 Å². The molecule has 0 saturated heterocycles. The minimum atomic E-state index is -0.119.